The number of nitroso groups, excluding NO2 is 1. The summed E-state index contributed by atoms with van der Waals surface area (Å²) in [7, 11) is 0. The number of hydrogen-bond acceptors (Lipinski definition) is 4. The van der Waals surface area contributed by atoms with Gasteiger partial charge in [-0.25, -0.2) is 4.89 Å². The second kappa shape index (κ2) is 9.41. The van der Waals surface area contributed by atoms with E-state index in [1.807, 2.05) is 0 Å². The summed E-state index contributed by atoms with van der Waals surface area (Å²) in [6, 6.07) is 0. The monoisotopic (exact) mass is 190 g/mol. The van der Waals surface area contributed by atoms with Gasteiger partial charge in [-0.2, -0.15) is 0 Å². The highest BCUT2D eigenvalue weighted by molar-refractivity contribution is 4.51. The van der Waals surface area contributed by atoms with Crippen LogP contribution in [0.1, 0.15) is 32.6 Å². The van der Waals surface area contributed by atoms with Crippen LogP contribution in [-0.2, 0) is 4.89 Å². The number of hydrogen-bond donors (Lipinski definition) is 1. The molecule has 0 aliphatic rings. The highest BCUT2D eigenvalue weighted by Crippen LogP contribution is 1.99. The van der Waals surface area contributed by atoms with E-state index in [0.29, 0.717) is 13.2 Å². The summed E-state index contributed by atoms with van der Waals surface area (Å²) in [5.74, 6) is 0. The van der Waals surface area contributed by atoms with E-state index >= 15 is 0 Å². The van der Waals surface area contributed by atoms with Crippen molar-refractivity contribution in [2.24, 2.45) is 5.29 Å². The molecular formula is C8H18N2O3. The molecule has 0 saturated heterocycles. The Morgan fingerprint density at radius 1 is 1.31 bits per heavy atom. The van der Waals surface area contributed by atoms with Crippen LogP contribution >= 0.6 is 0 Å². The predicted molar refractivity (Wildman–Crippen MR) is 50.1 cm³/mol. The van der Waals surface area contributed by atoms with Gasteiger partial charge in [-0.05, 0) is 19.3 Å². The molecule has 0 saturated carbocycles. The molecule has 78 valence electrons. The van der Waals surface area contributed by atoms with Gasteiger partial charge in [0, 0.05) is 13.1 Å². The number of rotatable bonds is 9. The molecule has 0 spiro atoms. The third kappa shape index (κ3) is 7.67. The second-order valence-corrected chi connectivity index (χ2v) is 2.93. The minimum atomic E-state index is 0.320. The standard InChI is InChI=1S/C8H18N2O3/c1-2-3-6-10(9-11)7-4-5-8-13-12/h12H,2-8H2,1H3. The molecule has 0 amide bonds. The van der Waals surface area contributed by atoms with Gasteiger partial charge in [-0.1, -0.05) is 13.3 Å². The van der Waals surface area contributed by atoms with Crippen LogP contribution in [0.5, 0.6) is 0 Å². The van der Waals surface area contributed by atoms with E-state index in [4.69, 9.17) is 5.26 Å². The fraction of sp³-hybridized carbons (Fsp3) is 1.00. The summed E-state index contributed by atoms with van der Waals surface area (Å²) in [6.45, 7) is 3.76. The van der Waals surface area contributed by atoms with Crippen molar-refractivity contribution >= 4 is 0 Å². The average molecular weight is 190 g/mol. The Hall–Kier alpha value is -0.680. The molecule has 0 rings (SSSR count). The number of unbranched alkanes of at least 4 members (excludes halogenated alkanes) is 2. The summed E-state index contributed by atoms with van der Waals surface area (Å²) in [4.78, 5) is 14.2. The molecule has 13 heavy (non-hydrogen) atoms. The van der Waals surface area contributed by atoms with Gasteiger partial charge in [0.25, 0.3) is 0 Å². The van der Waals surface area contributed by atoms with Crippen LogP contribution in [0.25, 0.3) is 0 Å². The number of nitrogens with zero attached hydrogens (tertiary/aromatic N) is 2. The Bertz CT molecular complexity index is 122. The van der Waals surface area contributed by atoms with Crippen LogP contribution in [0.4, 0.5) is 0 Å². The molecule has 0 aliphatic heterocycles. The molecule has 0 bridgehead atoms. The van der Waals surface area contributed by atoms with Gasteiger partial charge in [0.2, 0.25) is 0 Å². The molecule has 0 aromatic carbocycles. The van der Waals surface area contributed by atoms with E-state index < -0.39 is 0 Å². The van der Waals surface area contributed by atoms with E-state index in [1.54, 1.807) is 0 Å². The maximum Gasteiger partial charge on any atom is 0.0820 e. The first kappa shape index (κ1) is 12.3. The predicted octanol–water partition coefficient (Wildman–Crippen LogP) is 2.04. The van der Waals surface area contributed by atoms with Crippen molar-refractivity contribution in [1.29, 1.82) is 0 Å². The minimum absolute atomic E-state index is 0.320. The van der Waals surface area contributed by atoms with Gasteiger partial charge < -0.3 is 0 Å². The zero-order chi connectivity index (χ0) is 9.94. The van der Waals surface area contributed by atoms with Gasteiger partial charge in [-0.15, -0.1) is 4.91 Å². The van der Waals surface area contributed by atoms with Crippen molar-refractivity contribution in [3.05, 3.63) is 4.91 Å². The molecule has 0 fully saturated rings. The highest BCUT2D eigenvalue weighted by Gasteiger charge is 2.00. The Labute approximate surface area is 78.6 Å². The first-order valence-corrected chi connectivity index (χ1v) is 4.69. The van der Waals surface area contributed by atoms with E-state index in [2.05, 4.69) is 17.1 Å². The Balaban J connectivity index is 3.31. The molecular weight excluding hydrogens is 172 g/mol. The summed E-state index contributed by atoms with van der Waals surface area (Å²) >= 11 is 0. The Kier molecular flexibility index (Phi) is 8.92. The first-order valence-electron chi connectivity index (χ1n) is 4.69. The smallest absolute Gasteiger partial charge is 0.0820 e. The van der Waals surface area contributed by atoms with Crippen molar-refractivity contribution in [3.63, 3.8) is 0 Å². The van der Waals surface area contributed by atoms with Crippen LogP contribution in [0, 0.1) is 4.91 Å². The first-order chi connectivity index (χ1) is 6.35. The molecule has 0 aliphatic carbocycles. The van der Waals surface area contributed by atoms with E-state index in [0.717, 1.165) is 32.2 Å². The largest absolute Gasteiger partial charge is 0.261 e. The van der Waals surface area contributed by atoms with E-state index in [-0.39, 0.29) is 0 Å². The molecule has 5 nitrogen and oxygen atoms in total. The Morgan fingerprint density at radius 2 is 2.00 bits per heavy atom. The van der Waals surface area contributed by atoms with Gasteiger partial charge >= 0.3 is 0 Å². The van der Waals surface area contributed by atoms with Crippen LogP contribution < -0.4 is 0 Å². The maximum absolute atomic E-state index is 10.3. The molecule has 0 aromatic rings. The van der Waals surface area contributed by atoms with Gasteiger partial charge in [0.15, 0.2) is 0 Å². The molecule has 0 aromatic heterocycles. The van der Waals surface area contributed by atoms with E-state index in [9.17, 15) is 4.91 Å². The second-order valence-electron chi connectivity index (χ2n) is 2.93. The van der Waals surface area contributed by atoms with Crippen LogP contribution in [0.3, 0.4) is 0 Å². The minimum Gasteiger partial charge on any atom is -0.261 e. The summed E-state index contributed by atoms with van der Waals surface area (Å²) in [6.07, 6.45) is 3.61. The van der Waals surface area contributed by atoms with Crippen molar-refractivity contribution in [2.45, 2.75) is 32.6 Å². The van der Waals surface area contributed by atoms with Crippen molar-refractivity contribution in [2.75, 3.05) is 19.7 Å². The van der Waals surface area contributed by atoms with Gasteiger partial charge in [-0.3, -0.25) is 10.3 Å². The lowest BCUT2D eigenvalue weighted by molar-refractivity contribution is -0.242. The fourth-order valence-corrected chi connectivity index (χ4v) is 0.995. The fourth-order valence-electron chi connectivity index (χ4n) is 0.995. The lowest BCUT2D eigenvalue weighted by Gasteiger charge is -2.13. The Morgan fingerprint density at radius 3 is 2.54 bits per heavy atom. The zero-order valence-corrected chi connectivity index (χ0v) is 8.11. The third-order valence-electron chi connectivity index (χ3n) is 1.79. The molecule has 0 atom stereocenters. The molecule has 5 heteroatoms. The maximum atomic E-state index is 10.3. The van der Waals surface area contributed by atoms with Crippen molar-refractivity contribution in [1.82, 2.24) is 5.01 Å². The highest BCUT2D eigenvalue weighted by atomic mass is 17.1. The quantitative estimate of drug-likeness (QED) is 0.261. The lowest BCUT2D eigenvalue weighted by Crippen LogP contribution is -2.19. The average Bonchev–Trinajstić information content (AvgIpc) is 2.17. The van der Waals surface area contributed by atoms with Crippen LogP contribution in [0.2, 0.25) is 0 Å². The lowest BCUT2D eigenvalue weighted by atomic mass is 10.3. The normalized spacial score (nSPS) is 10.0. The molecule has 1 N–H and O–H groups in total. The van der Waals surface area contributed by atoms with Crippen LogP contribution in [-0.4, -0.2) is 30.0 Å². The van der Waals surface area contributed by atoms with E-state index in [1.165, 1.54) is 5.01 Å². The van der Waals surface area contributed by atoms with Crippen LogP contribution in [0.15, 0.2) is 5.29 Å². The molecule has 0 heterocycles. The summed E-state index contributed by atoms with van der Waals surface area (Å²) < 4.78 is 0. The van der Waals surface area contributed by atoms with Gasteiger partial charge in [0.05, 0.1) is 11.9 Å². The summed E-state index contributed by atoms with van der Waals surface area (Å²) in [5, 5.41) is 12.4. The van der Waals surface area contributed by atoms with Gasteiger partial charge in [0.1, 0.15) is 0 Å². The third-order valence-corrected chi connectivity index (χ3v) is 1.79. The molecule has 0 radical (unpaired) electrons. The van der Waals surface area contributed by atoms with Crippen molar-refractivity contribution in [3.8, 4) is 0 Å². The van der Waals surface area contributed by atoms with Crippen molar-refractivity contribution < 1.29 is 10.1 Å². The topological polar surface area (TPSA) is 62.1 Å². The zero-order valence-electron chi connectivity index (χ0n) is 8.11. The SMILES string of the molecule is CCCCN(CCCCOO)N=O. The summed E-state index contributed by atoms with van der Waals surface area (Å²) in [5.41, 5.74) is 0. The molecule has 0 unspecified atom stereocenters.